The maximum Gasteiger partial charge on any atom is 0.191 e. The molecular weight excluding hydrogens is 262 g/mol. The molecule has 0 spiro atoms. The lowest BCUT2D eigenvalue weighted by Crippen LogP contribution is -2.47. The Balaban J connectivity index is 1.72. The lowest BCUT2D eigenvalue weighted by molar-refractivity contribution is 0.0992. The van der Waals surface area contributed by atoms with Crippen LogP contribution in [0.15, 0.2) is 4.99 Å². The quantitative estimate of drug-likeness (QED) is 0.450. The first-order valence-corrected chi connectivity index (χ1v) is 8.68. The Bertz CT molecular complexity index is 348. The maximum absolute atomic E-state index is 5.90. The number of nitrogens with one attached hydrogen (secondary N) is 2. The second-order valence-electron chi connectivity index (χ2n) is 7.64. The van der Waals surface area contributed by atoms with E-state index in [-0.39, 0.29) is 0 Å². The third-order valence-electron chi connectivity index (χ3n) is 4.38. The minimum Gasteiger partial charge on any atom is -0.373 e. The highest BCUT2D eigenvalue weighted by Crippen LogP contribution is 2.34. The van der Waals surface area contributed by atoms with Gasteiger partial charge in [0, 0.05) is 13.1 Å². The molecule has 4 nitrogen and oxygen atoms in total. The van der Waals surface area contributed by atoms with Crippen molar-refractivity contribution in [1.82, 2.24) is 10.6 Å². The second kappa shape index (κ2) is 7.48. The number of ether oxygens (including phenoxy) is 1. The van der Waals surface area contributed by atoms with E-state index in [1.54, 1.807) is 0 Å². The van der Waals surface area contributed by atoms with Gasteiger partial charge in [0.2, 0.25) is 0 Å². The van der Waals surface area contributed by atoms with E-state index in [0.29, 0.717) is 23.7 Å². The first-order valence-electron chi connectivity index (χ1n) is 8.68. The van der Waals surface area contributed by atoms with E-state index < -0.39 is 0 Å². The Morgan fingerprint density at radius 3 is 2.62 bits per heavy atom. The van der Waals surface area contributed by atoms with Crippen LogP contribution in [0.25, 0.3) is 0 Å². The highest BCUT2D eigenvalue weighted by atomic mass is 16.5. The molecule has 0 aromatic carbocycles. The van der Waals surface area contributed by atoms with Gasteiger partial charge in [0.25, 0.3) is 0 Å². The molecule has 2 aliphatic heterocycles. The molecule has 2 N–H and O–H groups in total. The smallest absolute Gasteiger partial charge is 0.191 e. The molecule has 2 saturated heterocycles. The third kappa shape index (κ3) is 5.50. The van der Waals surface area contributed by atoms with Gasteiger partial charge in [-0.1, -0.05) is 27.2 Å². The molecule has 2 bridgehead atoms. The number of guanidine groups is 1. The molecule has 2 aliphatic rings. The van der Waals surface area contributed by atoms with Crippen molar-refractivity contribution in [1.29, 1.82) is 0 Å². The molecule has 3 atom stereocenters. The van der Waals surface area contributed by atoms with E-state index in [0.717, 1.165) is 25.5 Å². The van der Waals surface area contributed by atoms with Gasteiger partial charge < -0.3 is 15.4 Å². The summed E-state index contributed by atoms with van der Waals surface area (Å²) in [6.45, 7) is 10.8. The Morgan fingerprint density at radius 2 is 2.05 bits per heavy atom. The average Bonchev–Trinajstić information content (AvgIpc) is 2.99. The molecule has 0 radical (unpaired) electrons. The van der Waals surface area contributed by atoms with E-state index >= 15 is 0 Å². The zero-order chi connectivity index (χ0) is 15.3. The van der Waals surface area contributed by atoms with Gasteiger partial charge in [-0.25, -0.2) is 0 Å². The molecule has 0 aromatic heterocycles. The normalized spacial score (nSPS) is 29.0. The van der Waals surface area contributed by atoms with Gasteiger partial charge in [0.15, 0.2) is 5.96 Å². The summed E-state index contributed by atoms with van der Waals surface area (Å²) in [5, 5.41) is 6.93. The minimum absolute atomic E-state index is 0.403. The van der Waals surface area contributed by atoms with Gasteiger partial charge >= 0.3 is 0 Å². The van der Waals surface area contributed by atoms with Gasteiger partial charge in [-0.15, -0.1) is 0 Å². The molecule has 122 valence electrons. The van der Waals surface area contributed by atoms with Crippen molar-refractivity contribution in [2.24, 2.45) is 10.4 Å². The summed E-state index contributed by atoms with van der Waals surface area (Å²) in [4.78, 5) is 4.72. The van der Waals surface area contributed by atoms with Gasteiger partial charge in [0.1, 0.15) is 0 Å². The number of rotatable bonds is 6. The van der Waals surface area contributed by atoms with Crippen LogP contribution in [0.3, 0.4) is 0 Å². The summed E-state index contributed by atoms with van der Waals surface area (Å²) in [5.41, 5.74) is 0.437. The van der Waals surface area contributed by atoms with Crippen molar-refractivity contribution >= 4 is 5.96 Å². The van der Waals surface area contributed by atoms with Crippen LogP contribution in [0.5, 0.6) is 0 Å². The molecule has 4 heteroatoms. The van der Waals surface area contributed by atoms with Gasteiger partial charge in [0.05, 0.1) is 18.2 Å². The first kappa shape index (κ1) is 16.6. The van der Waals surface area contributed by atoms with Gasteiger partial charge in [-0.05, 0) is 44.4 Å². The SMILES string of the molecule is CCNC(=NCCCCC(C)(C)C)NC1CC2CCC1O2. The van der Waals surface area contributed by atoms with E-state index in [1.165, 1.54) is 32.1 Å². The molecule has 21 heavy (non-hydrogen) atoms. The summed E-state index contributed by atoms with van der Waals surface area (Å²) in [5.74, 6) is 0.967. The lowest BCUT2D eigenvalue weighted by Gasteiger charge is -2.22. The standard InChI is InChI=1S/C17H33N3O/c1-5-18-16(19-11-7-6-10-17(2,3)4)20-14-12-13-8-9-15(14)21-13/h13-15H,5-12H2,1-4H3,(H2,18,19,20). The molecular formula is C17H33N3O. The Kier molecular flexibility index (Phi) is 5.91. The highest BCUT2D eigenvalue weighted by Gasteiger charge is 2.41. The summed E-state index contributed by atoms with van der Waals surface area (Å²) >= 11 is 0. The Morgan fingerprint density at radius 1 is 1.24 bits per heavy atom. The minimum atomic E-state index is 0.403. The van der Waals surface area contributed by atoms with Crippen LogP contribution in [0.2, 0.25) is 0 Å². The van der Waals surface area contributed by atoms with Crippen LogP contribution < -0.4 is 10.6 Å². The van der Waals surface area contributed by atoms with Gasteiger partial charge in [-0.2, -0.15) is 0 Å². The van der Waals surface area contributed by atoms with E-state index in [9.17, 15) is 0 Å². The van der Waals surface area contributed by atoms with E-state index in [1.807, 2.05) is 0 Å². The van der Waals surface area contributed by atoms with Crippen molar-refractivity contribution in [2.45, 2.75) is 84.5 Å². The number of fused-ring (bicyclic) bond motifs is 2. The topological polar surface area (TPSA) is 45.7 Å². The fourth-order valence-electron chi connectivity index (χ4n) is 3.24. The monoisotopic (exact) mass is 295 g/mol. The van der Waals surface area contributed by atoms with Crippen molar-refractivity contribution in [3.63, 3.8) is 0 Å². The number of aliphatic imine (C=N–C) groups is 1. The predicted molar refractivity (Wildman–Crippen MR) is 88.7 cm³/mol. The fraction of sp³-hybridized carbons (Fsp3) is 0.941. The Hall–Kier alpha value is -0.770. The van der Waals surface area contributed by atoms with Gasteiger partial charge in [-0.3, -0.25) is 4.99 Å². The van der Waals surface area contributed by atoms with E-state index in [2.05, 4.69) is 38.3 Å². The van der Waals surface area contributed by atoms with Crippen LogP contribution in [0.4, 0.5) is 0 Å². The fourth-order valence-corrected chi connectivity index (χ4v) is 3.24. The summed E-state index contributed by atoms with van der Waals surface area (Å²) in [6.07, 6.45) is 8.16. The molecule has 2 rings (SSSR count). The second-order valence-corrected chi connectivity index (χ2v) is 7.64. The molecule has 0 aromatic rings. The largest absolute Gasteiger partial charge is 0.373 e. The number of unbranched alkanes of at least 4 members (excludes halogenated alkanes) is 1. The van der Waals surface area contributed by atoms with Crippen LogP contribution >= 0.6 is 0 Å². The van der Waals surface area contributed by atoms with Crippen molar-refractivity contribution < 1.29 is 4.74 Å². The molecule has 2 fully saturated rings. The maximum atomic E-state index is 5.90. The number of hydrogen-bond acceptors (Lipinski definition) is 2. The van der Waals surface area contributed by atoms with Crippen LogP contribution in [-0.2, 0) is 4.74 Å². The molecule has 3 unspecified atom stereocenters. The Labute approximate surface area is 130 Å². The average molecular weight is 295 g/mol. The molecule has 0 amide bonds. The van der Waals surface area contributed by atoms with Crippen LogP contribution in [0.1, 0.15) is 66.2 Å². The summed E-state index contributed by atoms with van der Waals surface area (Å²) < 4.78 is 5.90. The van der Waals surface area contributed by atoms with Crippen LogP contribution in [-0.4, -0.2) is 37.3 Å². The highest BCUT2D eigenvalue weighted by molar-refractivity contribution is 5.80. The zero-order valence-electron chi connectivity index (χ0n) is 14.2. The summed E-state index contributed by atoms with van der Waals surface area (Å²) in [7, 11) is 0. The zero-order valence-corrected chi connectivity index (χ0v) is 14.2. The molecule has 0 aliphatic carbocycles. The van der Waals surface area contributed by atoms with Crippen LogP contribution in [0, 0.1) is 5.41 Å². The van der Waals surface area contributed by atoms with Crippen molar-refractivity contribution in [2.75, 3.05) is 13.1 Å². The molecule has 2 heterocycles. The summed E-state index contributed by atoms with van der Waals surface area (Å²) in [6, 6.07) is 0.455. The van der Waals surface area contributed by atoms with E-state index in [4.69, 9.17) is 9.73 Å². The number of hydrogen-bond donors (Lipinski definition) is 2. The molecule has 0 saturated carbocycles. The first-order chi connectivity index (χ1) is 9.98. The third-order valence-corrected chi connectivity index (χ3v) is 4.38. The van der Waals surface area contributed by atoms with Crippen molar-refractivity contribution in [3.05, 3.63) is 0 Å². The number of nitrogens with zero attached hydrogens (tertiary/aromatic N) is 1. The predicted octanol–water partition coefficient (Wildman–Crippen LogP) is 3.08. The van der Waals surface area contributed by atoms with Crippen molar-refractivity contribution in [3.8, 4) is 0 Å². The lowest BCUT2D eigenvalue weighted by atomic mass is 9.90.